The number of halogens is 1. The molecule has 0 atom stereocenters. The van der Waals surface area contributed by atoms with E-state index in [1.807, 2.05) is 0 Å². The number of nitrogens with one attached hydrogen (secondary N) is 1. The van der Waals surface area contributed by atoms with Gasteiger partial charge in [-0.2, -0.15) is 0 Å². The molecule has 1 aromatic carbocycles. The first kappa shape index (κ1) is 11.9. The number of rotatable bonds is 2. The molecule has 1 amide bonds. The first-order valence-electron chi connectivity index (χ1n) is 4.61. The van der Waals surface area contributed by atoms with E-state index in [1.165, 1.54) is 25.1 Å². The van der Waals surface area contributed by atoms with Gasteiger partial charge in [0, 0.05) is 12.5 Å². The van der Waals surface area contributed by atoms with Crippen molar-refractivity contribution in [1.82, 2.24) is 5.32 Å². The SMILES string of the molecule is CC(=O)NCC#Cc1ccc(F)c(C=O)c1. The Labute approximate surface area is 92.7 Å². The number of benzene rings is 1. The first-order chi connectivity index (χ1) is 7.63. The van der Waals surface area contributed by atoms with Crippen LogP contribution in [0.4, 0.5) is 4.39 Å². The molecule has 0 radical (unpaired) electrons. The zero-order valence-corrected chi connectivity index (χ0v) is 8.71. The van der Waals surface area contributed by atoms with Gasteiger partial charge in [-0.1, -0.05) is 11.8 Å². The molecule has 0 aliphatic heterocycles. The molecule has 3 nitrogen and oxygen atoms in total. The number of hydrogen-bond acceptors (Lipinski definition) is 2. The third-order valence-electron chi connectivity index (χ3n) is 1.78. The van der Waals surface area contributed by atoms with E-state index in [1.54, 1.807) is 0 Å². The van der Waals surface area contributed by atoms with Gasteiger partial charge in [-0.3, -0.25) is 9.59 Å². The number of carbonyl (C=O) groups excluding carboxylic acids is 2. The van der Waals surface area contributed by atoms with Gasteiger partial charge in [-0.15, -0.1) is 0 Å². The molecule has 1 N–H and O–H groups in total. The Hall–Kier alpha value is -2.15. The molecule has 0 spiro atoms. The standard InChI is InChI=1S/C12H10FNO2/c1-9(16)14-6-2-3-10-4-5-12(13)11(7-10)8-15/h4-5,7-8H,6H2,1H3,(H,14,16). The highest BCUT2D eigenvalue weighted by Gasteiger charge is 2.00. The molecular weight excluding hydrogens is 209 g/mol. The van der Waals surface area contributed by atoms with Crippen LogP contribution in [0.5, 0.6) is 0 Å². The van der Waals surface area contributed by atoms with Crippen molar-refractivity contribution < 1.29 is 14.0 Å². The predicted molar refractivity (Wildman–Crippen MR) is 57.3 cm³/mol. The zero-order chi connectivity index (χ0) is 12.0. The maximum absolute atomic E-state index is 12.9. The maximum Gasteiger partial charge on any atom is 0.217 e. The van der Waals surface area contributed by atoms with E-state index in [4.69, 9.17) is 0 Å². The molecule has 0 aliphatic rings. The molecule has 0 fully saturated rings. The monoisotopic (exact) mass is 219 g/mol. The Balaban J connectivity index is 2.74. The second kappa shape index (κ2) is 5.66. The van der Waals surface area contributed by atoms with Gasteiger partial charge >= 0.3 is 0 Å². The summed E-state index contributed by atoms with van der Waals surface area (Å²) >= 11 is 0. The molecule has 0 saturated carbocycles. The summed E-state index contributed by atoms with van der Waals surface area (Å²) in [6, 6.07) is 4.03. The largest absolute Gasteiger partial charge is 0.345 e. The van der Waals surface area contributed by atoms with E-state index < -0.39 is 5.82 Å². The minimum Gasteiger partial charge on any atom is -0.345 e. The van der Waals surface area contributed by atoms with Crippen LogP contribution in [0.25, 0.3) is 0 Å². The van der Waals surface area contributed by atoms with Gasteiger partial charge in [0.25, 0.3) is 0 Å². The third-order valence-corrected chi connectivity index (χ3v) is 1.78. The minimum absolute atomic E-state index is 0.0219. The summed E-state index contributed by atoms with van der Waals surface area (Å²) in [5.74, 6) is 4.66. The van der Waals surface area contributed by atoms with Crippen molar-refractivity contribution in [1.29, 1.82) is 0 Å². The summed E-state index contributed by atoms with van der Waals surface area (Å²) in [7, 11) is 0. The van der Waals surface area contributed by atoms with Crippen LogP contribution in [-0.4, -0.2) is 18.7 Å². The van der Waals surface area contributed by atoms with Crippen LogP contribution in [-0.2, 0) is 4.79 Å². The highest BCUT2D eigenvalue weighted by Crippen LogP contribution is 2.07. The molecule has 16 heavy (non-hydrogen) atoms. The Morgan fingerprint density at radius 1 is 1.56 bits per heavy atom. The molecule has 82 valence electrons. The van der Waals surface area contributed by atoms with E-state index in [9.17, 15) is 14.0 Å². The van der Waals surface area contributed by atoms with Gasteiger partial charge in [0.1, 0.15) is 5.82 Å². The van der Waals surface area contributed by atoms with E-state index in [2.05, 4.69) is 17.2 Å². The topological polar surface area (TPSA) is 46.2 Å². The molecule has 0 saturated heterocycles. The fraction of sp³-hybridized carbons (Fsp3) is 0.167. The molecule has 0 aromatic heterocycles. The van der Waals surface area contributed by atoms with E-state index in [0.29, 0.717) is 11.8 Å². The molecule has 0 bridgehead atoms. The van der Waals surface area contributed by atoms with Crippen LogP contribution >= 0.6 is 0 Å². The van der Waals surface area contributed by atoms with Crippen molar-refractivity contribution in [2.45, 2.75) is 6.92 Å². The van der Waals surface area contributed by atoms with Gasteiger partial charge in [-0.25, -0.2) is 4.39 Å². The number of carbonyl (C=O) groups is 2. The molecule has 0 heterocycles. The molecule has 4 heteroatoms. The van der Waals surface area contributed by atoms with Crippen LogP contribution in [0.3, 0.4) is 0 Å². The highest BCUT2D eigenvalue weighted by molar-refractivity contribution is 5.76. The second-order valence-corrected chi connectivity index (χ2v) is 3.07. The maximum atomic E-state index is 12.9. The van der Waals surface area contributed by atoms with Crippen molar-refractivity contribution in [3.63, 3.8) is 0 Å². The Morgan fingerprint density at radius 2 is 2.31 bits per heavy atom. The third kappa shape index (κ3) is 3.54. The Morgan fingerprint density at radius 3 is 2.94 bits per heavy atom. The summed E-state index contributed by atoms with van der Waals surface area (Å²) in [5.41, 5.74) is 0.514. The highest BCUT2D eigenvalue weighted by atomic mass is 19.1. The average molecular weight is 219 g/mol. The average Bonchev–Trinajstić information content (AvgIpc) is 2.26. The minimum atomic E-state index is -0.567. The van der Waals surface area contributed by atoms with Crippen molar-refractivity contribution in [3.8, 4) is 11.8 Å². The van der Waals surface area contributed by atoms with Gasteiger partial charge in [0.15, 0.2) is 6.29 Å². The van der Waals surface area contributed by atoms with Crippen LogP contribution < -0.4 is 5.32 Å². The fourth-order valence-electron chi connectivity index (χ4n) is 1.03. The summed E-state index contributed by atoms with van der Waals surface area (Å²) in [5, 5.41) is 2.50. The van der Waals surface area contributed by atoms with Gasteiger partial charge in [-0.05, 0) is 18.2 Å². The van der Waals surface area contributed by atoms with E-state index in [-0.39, 0.29) is 18.0 Å². The van der Waals surface area contributed by atoms with Crippen molar-refractivity contribution in [2.75, 3.05) is 6.54 Å². The summed E-state index contributed by atoms with van der Waals surface area (Å²) < 4.78 is 12.9. The van der Waals surface area contributed by atoms with Crippen LogP contribution in [0, 0.1) is 17.7 Å². The van der Waals surface area contributed by atoms with Gasteiger partial charge in [0.2, 0.25) is 5.91 Å². The van der Waals surface area contributed by atoms with Crippen molar-refractivity contribution in [2.24, 2.45) is 0 Å². The normalized spacial score (nSPS) is 8.88. The molecule has 0 unspecified atom stereocenters. The number of aldehydes is 1. The van der Waals surface area contributed by atoms with Crippen LogP contribution in [0.15, 0.2) is 18.2 Å². The summed E-state index contributed by atoms with van der Waals surface area (Å²) in [6.45, 7) is 1.62. The van der Waals surface area contributed by atoms with Crippen molar-refractivity contribution in [3.05, 3.63) is 35.1 Å². The number of hydrogen-bond donors (Lipinski definition) is 1. The lowest BCUT2D eigenvalue weighted by Gasteiger charge is -1.95. The number of amides is 1. The van der Waals surface area contributed by atoms with E-state index in [0.717, 1.165) is 0 Å². The summed E-state index contributed by atoms with van der Waals surface area (Å²) in [4.78, 5) is 21.0. The van der Waals surface area contributed by atoms with Gasteiger partial charge in [0.05, 0.1) is 12.1 Å². The van der Waals surface area contributed by atoms with Crippen LogP contribution in [0.2, 0.25) is 0 Å². The molecule has 0 aliphatic carbocycles. The Bertz CT molecular complexity index is 472. The smallest absolute Gasteiger partial charge is 0.217 e. The van der Waals surface area contributed by atoms with Gasteiger partial charge < -0.3 is 5.32 Å². The predicted octanol–water partition coefficient (Wildman–Crippen LogP) is 1.13. The molecule has 1 aromatic rings. The first-order valence-corrected chi connectivity index (χ1v) is 4.61. The quantitative estimate of drug-likeness (QED) is 0.598. The Kier molecular flexibility index (Phi) is 4.22. The van der Waals surface area contributed by atoms with E-state index >= 15 is 0 Å². The molecular formula is C12H10FNO2. The fourth-order valence-corrected chi connectivity index (χ4v) is 1.03. The molecule has 1 rings (SSSR count). The van der Waals surface area contributed by atoms with Crippen LogP contribution in [0.1, 0.15) is 22.8 Å². The van der Waals surface area contributed by atoms with Crippen molar-refractivity contribution >= 4 is 12.2 Å². The summed E-state index contributed by atoms with van der Waals surface area (Å²) in [6.07, 6.45) is 0.439. The lowest BCUT2D eigenvalue weighted by molar-refractivity contribution is -0.118. The lowest BCUT2D eigenvalue weighted by Crippen LogP contribution is -2.19. The second-order valence-electron chi connectivity index (χ2n) is 3.07. The lowest BCUT2D eigenvalue weighted by atomic mass is 10.1. The zero-order valence-electron chi connectivity index (χ0n) is 8.71.